The number of benzene rings is 1. The number of likely N-dealkylation sites (tertiary alicyclic amines) is 1. The summed E-state index contributed by atoms with van der Waals surface area (Å²) >= 11 is 0. The molecule has 1 N–H and O–H groups in total. The molecule has 1 aliphatic heterocycles. The van der Waals surface area contributed by atoms with Crippen LogP contribution in [0.4, 0.5) is 9.18 Å². The van der Waals surface area contributed by atoms with Crippen LogP contribution in [0.25, 0.3) is 0 Å². The minimum atomic E-state index is -0.296. The zero-order valence-electron chi connectivity index (χ0n) is 15.1. The molecule has 0 radical (unpaired) electrons. The average Bonchev–Trinajstić information content (AvgIpc) is 2.90. The van der Waals surface area contributed by atoms with E-state index < -0.39 is 0 Å². The maximum Gasteiger partial charge on any atom is 0.317 e. The van der Waals surface area contributed by atoms with Crippen LogP contribution in [0, 0.1) is 5.82 Å². The topological polar surface area (TPSA) is 52.7 Å². The van der Waals surface area contributed by atoms with Crippen molar-refractivity contribution in [2.24, 2.45) is 0 Å². The number of amides is 3. The number of nitrogens with zero attached hydrogens (tertiary/aromatic N) is 2. The van der Waals surface area contributed by atoms with Gasteiger partial charge in [0.05, 0.1) is 6.04 Å². The Morgan fingerprint density at radius 1 is 1.16 bits per heavy atom. The average molecular weight is 349 g/mol. The first-order valence-corrected chi connectivity index (χ1v) is 9.03. The van der Waals surface area contributed by atoms with Gasteiger partial charge in [-0.05, 0) is 37.5 Å². The highest BCUT2D eigenvalue weighted by Crippen LogP contribution is 2.19. The van der Waals surface area contributed by atoms with Crippen LogP contribution < -0.4 is 5.32 Å². The molecule has 25 heavy (non-hydrogen) atoms. The molecular weight excluding hydrogens is 321 g/mol. The number of carbonyl (C=O) groups is 2. The Kier molecular flexibility index (Phi) is 7.22. The van der Waals surface area contributed by atoms with Crippen LogP contribution >= 0.6 is 0 Å². The van der Waals surface area contributed by atoms with Gasteiger partial charge in [0.25, 0.3) is 0 Å². The summed E-state index contributed by atoms with van der Waals surface area (Å²) in [5, 5.41) is 2.80. The van der Waals surface area contributed by atoms with Crippen molar-refractivity contribution in [3.8, 4) is 0 Å². The van der Waals surface area contributed by atoms with Gasteiger partial charge < -0.3 is 15.1 Å². The van der Waals surface area contributed by atoms with E-state index in [0.29, 0.717) is 13.0 Å². The van der Waals surface area contributed by atoms with E-state index in [9.17, 15) is 14.0 Å². The summed E-state index contributed by atoms with van der Waals surface area (Å²) in [6, 6.07) is 5.70. The molecule has 1 atom stereocenters. The largest absolute Gasteiger partial charge is 0.343 e. The summed E-state index contributed by atoms with van der Waals surface area (Å²) in [5.74, 6) is -0.188. The van der Waals surface area contributed by atoms with Crippen molar-refractivity contribution in [3.63, 3.8) is 0 Å². The van der Waals surface area contributed by atoms with Gasteiger partial charge in [0.2, 0.25) is 5.91 Å². The number of carbonyl (C=O) groups excluding carboxylic acids is 2. The third kappa shape index (κ3) is 5.73. The standard InChI is InChI=1S/C19H28FN3O2/c1-15(16-7-9-17(20)10-8-16)22(2)19(25)21-12-11-18(24)23-13-5-3-4-6-14-23/h7-10,15H,3-6,11-14H2,1-2H3,(H,21,25)/t15-/m0/s1. The van der Waals surface area contributed by atoms with Gasteiger partial charge in [0, 0.05) is 33.1 Å². The van der Waals surface area contributed by atoms with Crippen LogP contribution in [0.3, 0.4) is 0 Å². The smallest absolute Gasteiger partial charge is 0.317 e. The first kappa shape index (κ1) is 19.2. The van der Waals surface area contributed by atoms with Crippen LogP contribution in [0.2, 0.25) is 0 Å². The van der Waals surface area contributed by atoms with E-state index in [1.165, 1.54) is 25.0 Å². The highest BCUT2D eigenvalue weighted by Gasteiger charge is 2.19. The maximum absolute atomic E-state index is 13.0. The minimum absolute atomic E-state index is 0.108. The van der Waals surface area contributed by atoms with E-state index in [1.54, 1.807) is 24.1 Å². The molecular formula is C19H28FN3O2. The Labute approximate surface area is 149 Å². The molecule has 0 spiro atoms. The molecule has 1 aromatic rings. The van der Waals surface area contributed by atoms with E-state index >= 15 is 0 Å². The van der Waals surface area contributed by atoms with Gasteiger partial charge in [-0.2, -0.15) is 0 Å². The first-order chi connectivity index (χ1) is 12.0. The van der Waals surface area contributed by atoms with Gasteiger partial charge in [-0.1, -0.05) is 25.0 Å². The number of rotatable bonds is 5. The molecule has 2 rings (SSSR count). The summed E-state index contributed by atoms with van der Waals surface area (Å²) in [7, 11) is 1.69. The quantitative estimate of drug-likeness (QED) is 0.886. The number of hydrogen-bond donors (Lipinski definition) is 1. The SMILES string of the molecule is C[C@@H](c1ccc(F)cc1)N(C)C(=O)NCCC(=O)N1CCCCCC1. The lowest BCUT2D eigenvalue weighted by Gasteiger charge is -2.26. The van der Waals surface area contributed by atoms with Crippen LogP contribution in [0.1, 0.15) is 50.6 Å². The Hall–Kier alpha value is -2.11. The second kappa shape index (κ2) is 9.39. The van der Waals surface area contributed by atoms with E-state index in [0.717, 1.165) is 31.5 Å². The predicted octanol–water partition coefficient (Wildman–Crippen LogP) is 3.32. The Bertz CT molecular complexity index is 569. The van der Waals surface area contributed by atoms with Crippen molar-refractivity contribution in [1.29, 1.82) is 0 Å². The van der Waals surface area contributed by atoms with Crippen LogP contribution in [-0.2, 0) is 4.79 Å². The third-order valence-corrected chi connectivity index (χ3v) is 4.83. The van der Waals surface area contributed by atoms with Gasteiger partial charge in [0.1, 0.15) is 5.82 Å². The second-order valence-electron chi connectivity index (χ2n) is 6.62. The molecule has 1 aliphatic rings. The van der Waals surface area contributed by atoms with Gasteiger partial charge >= 0.3 is 6.03 Å². The van der Waals surface area contributed by atoms with Crippen LogP contribution in [-0.4, -0.2) is 48.4 Å². The number of hydrogen-bond acceptors (Lipinski definition) is 2. The molecule has 0 saturated carbocycles. The normalized spacial score (nSPS) is 16.0. The highest BCUT2D eigenvalue weighted by atomic mass is 19.1. The lowest BCUT2D eigenvalue weighted by Crippen LogP contribution is -2.41. The molecule has 0 bridgehead atoms. The van der Waals surface area contributed by atoms with Crippen LogP contribution in [0.5, 0.6) is 0 Å². The van der Waals surface area contributed by atoms with Crippen molar-refractivity contribution in [2.45, 2.75) is 45.1 Å². The number of halogens is 1. The zero-order chi connectivity index (χ0) is 18.2. The first-order valence-electron chi connectivity index (χ1n) is 9.03. The molecule has 0 unspecified atom stereocenters. The monoisotopic (exact) mass is 349 g/mol. The van der Waals surface area contributed by atoms with E-state index in [2.05, 4.69) is 5.32 Å². The lowest BCUT2D eigenvalue weighted by atomic mass is 10.1. The number of nitrogens with one attached hydrogen (secondary N) is 1. The molecule has 1 saturated heterocycles. The Morgan fingerprint density at radius 2 is 1.76 bits per heavy atom. The van der Waals surface area contributed by atoms with E-state index in [-0.39, 0.29) is 23.8 Å². The molecule has 0 aromatic heterocycles. The summed E-state index contributed by atoms with van der Waals surface area (Å²) in [4.78, 5) is 27.9. The molecule has 1 heterocycles. The number of urea groups is 1. The Balaban J connectivity index is 1.76. The summed E-state index contributed by atoms with van der Waals surface area (Å²) in [5.41, 5.74) is 0.861. The van der Waals surface area contributed by atoms with Gasteiger partial charge in [-0.15, -0.1) is 0 Å². The van der Waals surface area contributed by atoms with Crippen molar-refractivity contribution in [2.75, 3.05) is 26.7 Å². The van der Waals surface area contributed by atoms with Gasteiger partial charge in [-0.25, -0.2) is 9.18 Å². The molecule has 138 valence electrons. The summed E-state index contributed by atoms with van der Waals surface area (Å²) in [6.07, 6.45) is 4.83. The lowest BCUT2D eigenvalue weighted by molar-refractivity contribution is -0.131. The molecule has 6 heteroatoms. The van der Waals surface area contributed by atoms with E-state index in [4.69, 9.17) is 0 Å². The second-order valence-corrected chi connectivity index (χ2v) is 6.62. The van der Waals surface area contributed by atoms with Crippen LogP contribution in [0.15, 0.2) is 24.3 Å². The fourth-order valence-electron chi connectivity index (χ4n) is 3.02. The van der Waals surface area contributed by atoms with Crippen molar-refractivity contribution < 1.29 is 14.0 Å². The van der Waals surface area contributed by atoms with Gasteiger partial charge in [-0.3, -0.25) is 4.79 Å². The minimum Gasteiger partial charge on any atom is -0.343 e. The molecule has 5 nitrogen and oxygen atoms in total. The maximum atomic E-state index is 13.0. The molecule has 1 aromatic carbocycles. The molecule has 3 amide bonds. The molecule has 1 fully saturated rings. The van der Waals surface area contributed by atoms with Crippen molar-refractivity contribution in [3.05, 3.63) is 35.6 Å². The highest BCUT2D eigenvalue weighted by molar-refractivity contribution is 5.78. The van der Waals surface area contributed by atoms with E-state index in [1.807, 2.05) is 11.8 Å². The fraction of sp³-hybridized carbons (Fsp3) is 0.579. The Morgan fingerprint density at radius 3 is 2.36 bits per heavy atom. The summed E-state index contributed by atoms with van der Waals surface area (Å²) in [6.45, 7) is 3.87. The fourth-order valence-corrected chi connectivity index (χ4v) is 3.02. The van der Waals surface area contributed by atoms with Crippen molar-refractivity contribution in [1.82, 2.24) is 15.1 Å². The summed E-state index contributed by atoms with van der Waals surface area (Å²) < 4.78 is 13.0. The van der Waals surface area contributed by atoms with Gasteiger partial charge in [0.15, 0.2) is 0 Å². The third-order valence-electron chi connectivity index (χ3n) is 4.83. The van der Waals surface area contributed by atoms with Crippen molar-refractivity contribution >= 4 is 11.9 Å². The zero-order valence-corrected chi connectivity index (χ0v) is 15.1. The predicted molar refractivity (Wildman–Crippen MR) is 95.6 cm³/mol. The molecule has 0 aliphatic carbocycles.